The summed E-state index contributed by atoms with van der Waals surface area (Å²) >= 11 is 0. The largest absolute Gasteiger partial charge is 0.497 e. The molecule has 1 aromatic rings. The van der Waals surface area contributed by atoms with Crippen molar-refractivity contribution in [1.82, 2.24) is 5.32 Å². The molecule has 122 valence electrons. The summed E-state index contributed by atoms with van der Waals surface area (Å²) in [6, 6.07) is 7.16. The van der Waals surface area contributed by atoms with Gasteiger partial charge >= 0.3 is 0 Å². The molecule has 1 unspecified atom stereocenters. The maximum atomic E-state index is 12.0. The normalized spacial score (nSPS) is 11.6. The van der Waals surface area contributed by atoms with Gasteiger partial charge in [-0.3, -0.25) is 9.59 Å². The SMILES string of the molecule is CCCNC(=O)C[NH+](CC)CC(=O)Nc1ccc(OC)cc1. The first-order valence-corrected chi connectivity index (χ1v) is 7.63. The summed E-state index contributed by atoms with van der Waals surface area (Å²) in [6.07, 6.45) is 0.908. The van der Waals surface area contributed by atoms with Gasteiger partial charge in [0.15, 0.2) is 13.1 Å². The lowest BCUT2D eigenvalue weighted by Crippen LogP contribution is -3.14. The van der Waals surface area contributed by atoms with Gasteiger partial charge in [0.05, 0.1) is 13.7 Å². The van der Waals surface area contributed by atoms with Crippen molar-refractivity contribution in [2.24, 2.45) is 0 Å². The Balaban J connectivity index is 2.44. The Morgan fingerprint density at radius 1 is 1.09 bits per heavy atom. The predicted molar refractivity (Wildman–Crippen MR) is 86.2 cm³/mol. The van der Waals surface area contributed by atoms with Crippen molar-refractivity contribution >= 4 is 17.5 Å². The number of amides is 2. The fourth-order valence-electron chi connectivity index (χ4n) is 1.97. The smallest absolute Gasteiger partial charge is 0.279 e. The van der Waals surface area contributed by atoms with Gasteiger partial charge in [0, 0.05) is 12.2 Å². The van der Waals surface area contributed by atoms with Crippen LogP contribution in [0.3, 0.4) is 0 Å². The highest BCUT2D eigenvalue weighted by atomic mass is 16.5. The second-order valence-corrected chi connectivity index (χ2v) is 5.08. The molecule has 2 amide bonds. The zero-order chi connectivity index (χ0) is 16.4. The summed E-state index contributed by atoms with van der Waals surface area (Å²) in [7, 11) is 1.60. The molecule has 6 nitrogen and oxygen atoms in total. The Kier molecular flexibility index (Phi) is 7.99. The molecule has 1 rings (SSSR count). The molecule has 0 saturated heterocycles. The molecule has 0 fully saturated rings. The molecule has 0 aliphatic rings. The molecule has 0 bridgehead atoms. The maximum Gasteiger partial charge on any atom is 0.279 e. The number of quaternary nitrogens is 1. The van der Waals surface area contributed by atoms with Crippen LogP contribution in [0.1, 0.15) is 20.3 Å². The molecule has 1 atom stereocenters. The number of anilines is 1. The van der Waals surface area contributed by atoms with Gasteiger partial charge in [0.1, 0.15) is 5.75 Å². The van der Waals surface area contributed by atoms with E-state index >= 15 is 0 Å². The number of hydrogen-bond donors (Lipinski definition) is 3. The number of hydrogen-bond acceptors (Lipinski definition) is 3. The van der Waals surface area contributed by atoms with Gasteiger partial charge < -0.3 is 20.3 Å². The third kappa shape index (κ3) is 6.58. The Morgan fingerprint density at radius 2 is 1.73 bits per heavy atom. The molecule has 6 heteroatoms. The van der Waals surface area contributed by atoms with E-state index in [9.17, 15) is 9.59 Å². The number of carbonyl (C=O) groups excluding carboxylic acids is 2. The van der Waals surface area contributed by atoms with Gasteiger partial charge in [-0.25, -0.2) is 0 Å². The molecule has 1 aromatic carbocycles. The zero-order valence-corrected chi connectivity index (χ0v) is 13.6. The van der Waals surface area contributed by atoms with Gasteiger partial charge in [0.2, 0.25) is 0 Å². The quantitative estimate of drug-likeness (QED) is 0.604. The Bertz CT molecular complexity index is 474. The minimum Gasteiger partial charge on any atom is -0.497 e. The van der Waals surface area contributed by atoms with Crippen molar-refractivity contribution in [3.8, 4) is 5.75 Å². The molecular formula is C16H26N3O3+. The number of likely N-dealkylation sites (N-methyl/N-ethyl adjacent to an activating group) is 1. The molecule has 0 aromatic heterocycles. The van der Waals surface area contributed by atoms with Crippen molar-refractivity contribution in [3.63, 3.8) is 0 Å². The second kappa shape index (κ2) is 9.78. The van der Waals surface area contributed by atoms with E-state index < -0.39 is 0 Å². The van der Waals surface area contributed by atoms with Crippen molar-refractivity contribution in [2.75, 3.05) is 38.6 Å². The monoisotopic (exact) mass is 308 g/mol. The summed E-state index contributed by atoms with van der Waals surface area (Å²) in [6.45, 7) is 5.94. The third-order valence-electron chi connectivity index (χ3n) is 3.27. The van der Waals surface area contributed by atoms with E-state index in [1.54, 1.807) is 31.4 Å². The fourth-order valence-corrected chi connectivity index (χ4v) is 1.97. The zero-order valence-electron chi connectivity index (χ0n) is 13.6. The van der Waals surface area contributed by atoms with E-state index in [0.29, 0.717) is 13.1 Å². The van der Waals surface area contributed by atoms with Crippen LogP contribution in [0.15, 0.2) is 24.3 Å². The minimum atomic E-state index is -0.106. The first-order valence-electron chi connectivity index (χ1n) is 7.63. The van der Waals surface area contributed by atoms with Crippen molar-refractivity contribution in [2.45, 2.75) is 20.3 Å². The first kappa shape index (κ1) is 18.0. The van der Waals surface area contributed by atoms with Crippen molar-refractivity contribution < 1.29 is 19.2 Å². The Labute approximate surface area is 131 Å². The highest BCUT2D eigenvalue weighted by Gasteiger charge is 2.16. The number of rotatable bonds is 9. The van der Waals surface area contributed by atoms with E-state index in [2.05, 4.69) is 10.6 Å². The first-order chi connectivity index (χ1) is 10.6. The van der Waals surface area contributed by atoms with Crippen LogP contribution in [0, 0.1) is 0 Å². The average Bonchev–Trinajstić information content (AvgIpc) is 2.52. The predicted octanol–water partition coefficient (Wildman–Crippen LogP) is 0.0647. The minimum absolute atomic E-state index is 0.0176. The molecule has 0 spiro atoms. The van der Waals surface area contributed by atoms with Crippen LogP contribution in [0.25, 0.3) is 0 Å². The summed E-state index contributed by atoms with van der Waals surface area (Å²) in [5.74, 6) is 0.618. The van der Waals surface area contributed by atoms with Crippen LogP contribution in [0.4, 0.5) is 5.69 Å². The third-order valence-corrected chi connectivity index (χ3v) is 3.27. The van der Waals surface area contributed by atoms with E-state index in [0.717, 1.165) is 29.3 Å². The number of ether oxygens (including phenoxy) is 1. The van der Waals surface area contributed by atoms with Gasteiger partial charge in [-0.05, 0) is 37.6 Å². The van der Waals surface area contributed by atoms with Crippen LogP contribution in [0.5, 0.6) is 5.75 Å². The number of benzene rings is 1. The number of carbonyl (C=O) groups is 2. The molecular weight excluding hydrogens is 282 g/mol. The molecule has 0 saturated carbocycles. The van der Waals surface area contributed by atoms with E-state index in [1.807, 2.05) is 13.8 Å². The summed E-state index contributed by atoms with van der Waals surface area (Å²) in [4.78, 5) is 24.7. The number of methoxy groups -OCH3 is 1. The van der Waals surface area contributed by atoms with E-state index in [4.69, 9.17) is 4.74 Å². The Hall–Kier alpha value is -2.08. The molecule has 0 aliphatic heterocycles. The molecule has 0 heterocycles. The van der Waals surface area contributed by atoms with Crippen LogP contribution in [-0.2, 0) is 9.59 Å². The fraction of sp³-hybridized carbons (Fsp3) is 0.500. The van der Waals surface area contributed by atoms with Crippen LogP contribution < -0.4 is 20.3 Å². The highest BCUT2D eigenvalue weighted by Crippen LogP contribution is 2.14. The Morgan fingerprint density at radius 3 is 2.27 bits per heavy atom. The standard InChI is InChI=1S/C16H25N3O3/c1-4-10-17-15(20)11-19(5-2)12-16(21)18-13-6-8-14(22-3)9-7-13/h6-9H,4-5,10-12H2,1-3H3,(H,17,20)(H,18,21)/p+1. The summed E-state index contributed by atoms with van der Waals surface area (Å²) < 4.78 is 5.07. The van der Waals surface area contributed by atoms with Crippen molar-refractivity contribution in [3.05, 3.63) is 24.3 Å². The van der Waals surface area contributed by atoms with Crippen LogP contribution in [0.2, 0.25) is 0 Å². The average molecular weight is 308 g/mol. The molecule has 0 radical (unpaired) electrons. The molecule has 3 N–H and O–H groups in total. The van der Waals surface area contributed by atoms with Crippen LogP contribution >= 0.6 is 0 Å². The highest BCUT2D eigenvalue weighted by molar-refractivity contribution is 5.91. The summed E-state index contributed by atoms with van der Waals surface area (Å²) in [5, 5.41) is 5.65. The van der Waals surface area contributed by atoms with Gasteiger partial charge in [0.25, 0.3) is 11.8 Å². The molecule has 22 heavy (non-hydrogen) atoms. The maximum absolute atomic E-state index is 12.0. The lowest BCUT2D eigenvalue weighted by molar-refractivity contribution is -0.881. The van der Waals surface area contributed by atoms with Gasteiger partial charge in [-0.1, -0.05) is 6.92 Å². The molecule has 0 aliphatic carbocycles. The van der Waals surface area contributed by atoms with Crippen LogP contribution in [-0.4, -0.2) is 45.1 Å². The topological polar surface area (TPSA) is 71.9 Å². The van der Waals surface area contributed by atoms with E-state index in [-0.39, 0.29) is 18.4 Å². The number of nitrogens with one attached hydrogen (secondary N) is 3. The van der Waals surface area contributed by atoms with E-state index in [1.165, 1.54) is 0 Å². The van der Waals surface area contributed by atoms with Crippen molar-refractivity contribution in [1.29, 1.82) is 0 Å². The second-order valence-electron chi connectivity index (χ2n) is 5.08. The summed E-state index contributed by atoms with van der Waals surface area (Å²) in [5.41, 5.74) is 0.719. The van der Waals surface area contributed by atoms with Gasteiger partial charge in [-0.15, -0.1) is 0 Å². The van der Waals surface area contributed by atoms with Gasteiger partial charge in [-0.2, -0.15) is 0 Å². The lowest BCUT2D eigenvalue weighted by atomic mass is 10.3. The lowest BCUT2D eigenvalue weighted by Gasteiger charge is -2.16.